The number of carbonyl (C=O) groups is 2. The third-order valence-electron chi connectivity index (χ3n) is 4.76. The number of aliphatic hydroxyl groups is 1. The fraction of sp³-hybridized carbons (Fsp3) is 0.286. The third-order valence-corrected chi connectivity index (χ3v) is 4.76. The van der Waals surface area contributed by atoms with Gasteiger partial charge in [0.1, 0.15) is 23.1 Å². The third kappa shape index (κ3) is 4.93. The quantitative estimate of drug-likeness (QED) is 0.440. The molecule has 0 saturated carbocycles. The molecule has 0 spiro atoms. The summed E-state index contributed by atoms with van der Waals surface area (Å²) >= 11 is 0. The molecule has 1 aromatic carbocycles. The number of halogens is 5. The number of aromatic nitrogens is 1. The van der Waals surface area contributed by atoms with Crippen molar-refractivity contribution in [3.8, 4) is 5.75 Å². The van der Waals surface area contributed by atoms with Gasteiger partial charge in [0.2, 0.25) is 5.91 Å². The van der Waals surface area contributed by atoms with Crippen LogP contribution in [0.4, 0.5) is 22.0 Å². The number of nitrogens with one attached hydrogen (secondary N) is 1. The maximum atomic E-state index is 14.8. The minimum absolute atomic E-state index is 0.0254. The number of rotatable bonds is 7. The molecule has 3 aromatic rings. The Kier molecular flexibility index (Phi) is 6.51. The van der Waals surface area contributed by atoms with E-state index < -0.39 is 53.8 Å². The first kappa shape index (κ1) is 24.9. The van der Waals surface area contributed by atoms with Crippen molar-refractivity contribution in [2.45, 2.75) is 32.2 Å². The summed E-state index contributed by atoms with van der Waals surface area (Å²) in [5.41, 5.74) is 1.58. The summed E-state index contributed by atoms with van der Waals surface area (Å²) in [7, 11) is 0. The van der Waals surface area contributed by atoms with E-state index in [2.05, 4.69) is 15.0 Å². The van der Waals surface area contributed by atoms with E-state index in [9.17, 15) is 36.6 Å². The van der Waals surface area contributed by atoms with Gasteiger partial charge < -0.3 is 25.3 Å². The van der Waals surface area contributed by atoms with Gasteiger partial charge in [-0.25, -0.2) is 4.98 Å². The lowest BCUT2D eigenvalue weighted by Gasteiger charge is -2.21. The van der Waals surface area contributed by atoms with Gasteiger partial charge >= 0.3 is 12.3 Å². The molecule has 1 atom stereocenters. The molecule has 13 heteroatoms. The molecule has 34 heavy (non-hydrogen) atoms. The Morgan fingerprint density at radius 1 is 1.18 bits per heavy atom. The van der Waals surface area contributed by atoms with Gasteiger partial charge in [0.25, 0.3) is 5.91 Å². The molecule has 2 heterocycles. The Hall–Kier alpha value is -3.74. The molecule has 4 N–H and O–H groups in total. The number of fused-ring (bicyclic) bond motifs is 1. The van der Waals surface area contributed by atoms with Crippen LogP contribution < -0.4 is 15.8 Å². The molecule has 0 aliphatic heterocycles. The first-order valence-electron chi connectivity index (χ1n) is 9.61. The predicted molar refractivity (Wildman–Crippen MR) is 107 cm³/mol. The van der Waals surface area contributed by atoms with Crippen LogP contribution in [0.5, 0.6) is 5.75 Å². The van der Waals surface area contributed by atoms with Gasteiger partial charge in [-0.1, -0.05) is 0 Å². The average Bonchev–Trinajstić information content (AvgIpc) is 3.05. The first-order valence-corrected chi connectivity index (χ1v) is 9.61. The van der Waals surface area contributed by atoms with Crippen LogP contribution in [-0.2, 0) is 17.1 Å². The van der Waals surface area contributed by atoms with Crippen LogP contribution in [0.1, 0.15) is 33.1 Å². The minimum atomic E-state index is -5.16. The number of furan rings is 1. The highest BCUT2D eigenvalue weighted by Gasteiger charge is 2.46. The number of primary amides is 1. The second kappa shape index (κ2) is 8.89. The van der Waals surface area contributed by atoms with E-state index in [1.165, 1.54) is 19.9 Å². The molecule has 0 aliphatic carbocycles. The van der Waals surface area contributed by atoms with Crippen molar-refractivity contribution < 1.29 is 45.8 Å². The number of alkyl halides is 5. The van der Waals surface area contributed by atoms with Gasteiger partial charge in [0, 0.05) is 11.1 Å². The molecule has 8 nitrogen and oxygen atoms in total. The number of amides is 2. The molecule has 3 rings (SSSR count). The lowest BCUT2D eigenvalue weighted by Crippen LogP contribution is -2.46. The summed E-state index contributed by atoms with van der Waals surface area (Å²) < 4.78 is 79.4. The SMILES string of the molecule is Cc1ccc(C(F)(F)Oc2ccc3oc(C)c(C(=O)N[C@@H](CO)C(N)=O)c3c2)c(C(F)(F)F)n1. The summed E-state index contributed by atoms with van der Waals surface area (Å²) in [5.74, 6) is -2.45. The van der Waals surface area contributed by atoms with Crippen LogP contribution in [0.3, 0.4) is 0 Å². The van der Waals surface area contributed by atoms with Gasteiger partial charge in [-0.2, -0.15) is 22.0 Å². The molecule has 0 fully saturated rings. The summed E-state index contributed by atoms with van der Waals surface area (Å²) in [6.07, 6.45) is -9.59. The van der Waals surface area contributed by atoms with Gasteiger partial charge in [0.05, 0.1) is 17.7 Å². The van der Waals surface area contributed by atoms with Crippen molar-refractivity contribution in [2.75, 3.05) is 6.61 Å². The predicted octanol–water partition coefficient (Wildman–Crippen LogP) is 3.17. The van der Waals surface area contributed by atoms with Gasteiger partial charge in [0.15, 0.2) is 5.69 Å². The van der Waals surface area contributed by atoms with E-state index >= 15 is 0 Å². The van der Waals surface area contributed by atoms with E-state index in [-0.39, 0.29) is 28.0 Å². The van der Waals surface area contributed by atoms with Crippen LogP contribution in [-0.4, -0.2) is 34.6 Å². The summed E-state index contributed by atoms with van der Waals surface area (Å²) in [5, 5.41) is 11.3. The molecule has 0 unspecified atom stereocenters. The molecular weight excluding hydrogens is 469 g/mol. The van der Waals surface area contributed by atoms with E-state index in [0.717, 1.165) is 18.2 Å². The lowest BCUT2D eigenvalue weighted by atomic mass is 10.1. The monoisotopic (exact) mass is 487 g/mol. The van der Waals surface area contributed by atoms with E-state index in [0.29, 0.717) is 6.07 Å². The number of pyridine rings is 1. The smallest absolute Gasteiger partial charge is 0.434 e. The van der Waals surface area contributed by atoms with Crippen molar-refractivity contribution in [3.63, 3.8) is 0 Å². The largest absolute Gasteiger partial charge is 0.461 e. The van der Waals surface area contributed by atoms with Crippen molar-refractivity contribution >= 4 is 22.8 Å². The molecule has 0 radical (unpaired) electrons. The number of ether oxygens (including phenoxy) is 1. The fourth-order valence-corrected chi connectivity index (χ4v) is 3.19. The number of aryl methyl sites for hydroxylation is 2. The van der Waals surface area contributed by atoms with Crippen molar-refractivity contribution in [1.82, 2.24) is 10.3 Å². The molecule has 0 aliphatic rings. The Bertz CT molecular complexity index is 1260. The molecular formula is C21H18F5N3O5. The van der Waals surface area contributed by atoms with Crippen molar-refractivity contribution in [1.29, 1.82) is 0 Å². The number of nitrogens with two attached hydrogens (primary N) is 1. The zero-order chi connectivity index (χ0) is 25.4. The Morgan fingerprint density at radius 3 is 2.44 bits per heavy atom. The van der Waals surface area contributed by atoms with Gasteiger partial charge in [-0.05, 0) is 44.2 Å². The van der Waals surface area contributed by atoms with E-state index in [4.69, 9.17) is 10.2 Å². The highest BCUT2D eigenvalue weighted by atomic mass is 19.4. The average molecular weight is 487 g/mol. The molecule has 2 amide bonds. The Morgan fingerprint density at radius 2 is 1.85 bits per heavy atom. The summed E-state index contributed by atoms with van der Waals surface area (Å²) in [6, 6.07) is 3.32. The van der Waals surface area contributed by atoms with Gasteiger partial charge in [-0.3, -0.25) is 9.59 Å². The maximum Gasteiger partial charge on any atom is 0.434 e. The highest BCUT2D eigenvalue weighted by molar-refractivity contribution is 6.08. The standard InChI is InChI=1S/C21H18F5N3O5/c1-9-3-5-13(17(28-9)20(22,23)24)21(25,26)34-11-4-6-15-12(7-11)16(10(2)33-15)19(32)29-14(8-30)18(27)31/h3-7,14,30H,8H2,1-2H3,(H2,27,31)(H,29,32)/t14-/m0/s1. The second-order valence-electron chi connectivity index (χ2n) is 7.27. The summed E-state index contributed by atoms with van der Waals surface area (Å²) in [6.45, 7) is 1.82. The lowest BCUT2D eigenvalue weighted by molar-refractivity contribution is -0.196. The molecule has 182 valence electrons. The number of carbonyl (C=O) groups excluding carboxylic acids is 2. The molecule has 2 aromatic heterocycles. The van der Waals surface area contributed by atoms with Crippen LogP contribution in [0, 0.1) is 13.8 Å². The van der Waals surface area contributed by atoms with Crippen LogP contribution in [0.25, 0.3) is 11.0 Å². The normalized spacial score (nSPS) is 13.1. The zero-order valence-electron chi connectivity index (χ0n) is 17.7. The number of hydrogen-bond donors (Lipinski definition) is 3. The Labute approximate surface area is 188 Å². The number of benzene rings is 1. The molecule has 0 saturated heterocycles. The van der Waals surface area contributed by atoms with Crippen LogP contribution >= 0.6 is 0 Å². The van der Waals surface area contributed by atoms with Crippen LogP contribution in [0.15, 0.2) is 34.7 Å². The number of hydrogen-bond acceptors (Lipinski definition) is 6. The zero-order valence-corrected chi connectivity index (χ0v) is 17.7. The second-order valence-corrected chi connectivity index (χ2v) is 7.27. The summed E-state index contributed by atoms with van der Waals surface area (Å²) in [4.78, 5) is 27.1. The van der Waals surface area contributed by atoms with Gasteiger partial charge in [-0.15, -0.1) is 0 Å². The minimum Gasteiger partial charge on any atom is -0.461 e. The van der Waals surface area contributed by atoms with Crippen molar-refractivity contribution in [2.24, 2.45) is 5.73 Å². The fourth-order valence-electron chi connectivity index (χ4n) is 3.19. The molecule has 0 bridgehead atoms. The van der Waals surface area contributed by atoms with Crippen molar-refractivity contribution in [3.05, 3.63) is 58.6 Å². The number of aliphatic hydroxyl groups excluding tert-OH is 1. The highest BCUT2D eigenvalue weighted by Crippen LogP contribution is 2.40. The number of nitrogens with zero attached hydrogens (tertiary/aromatic N) is 1. The first-order chi connectivity index (χ1) is 15.7. The van der Waals surface area contributed by atoms with E-state index in [1.807, 2.05) is 0 Å². The van der Waals surface area contributed by atoms with E-state index in [1.54, 1.807) is 0 Å². The van der Waals surface area contributed by atoms with Crippen LogP contribution in [0.2, 0.25) is 0 Å². The Balaban J connectivity index is 2.00. The topological polar surface area (TPSA) is 128 Å². The maximum absolute atomic E-state index is 14.8.